The topological polar surface area (TPSA) is 114 Å². The van der Waals surface area contributed by atoms with Gasteiger partial charge < -0.3 is 15.1 Å². The molecule has 0 bridgehead atoms. The summed E-state index contributed by atoms with van der Waals surface area (Å²) in [5, 5.41) is 15.8. The number of carbonyl (C=O) groups is 2. The molecule has 8 nitrogen and oxygen atoms in total. The summed E-state index contributed by atoms with van der Waals surface area (Å²) < 4.78 is 5.07. The smallest absolute Gasteiger partial charge is 0.272 e. The molecule has 23 heavy (non-hydrogen) atoms. The van der Waals surface area contributed by atoms with Crippen LogP contribution in [0, 0.1) is 17.0 Å². The molecule has 1 aromatic heterocycles. The molecule has 0 aliphatic rings. The molecule has 0 fully saturated rings. The van der Waals surface area contributed by atoms with Gasteiger partial charge in [0, 0.05) is 17.2 Å². The molecule has 0 spiro atoms. The molecule has 2 aromatic rings. The number of nitro benzene ring substituents is 1. The number of furan rings is 1. The highest BCUT2D eigenvalue weighted by Crippen LogP contribution is 2.18. The number of carbonyl (C=O) groups excluding carboxylic acids is 2. The van der Waals surface area contributed by atoms with Crippen molar-refractivity contribution in [3.63, 3.8) is 0 Å². The summed E-state index contributed by atoms with van der Waals surface area (Å²) in [6, 6.07) is 7.45. The molecular weight excluding hydrogens is 302 g/mol. The van der Waals surface area contributed by atoms with Gasteiger partial charge in [0.1, 0.15) is 5.76 Å². The van der Waals surface area contributed by atoms with E-state index in [1.807, 2.05) is 0 Å². The Morgan fingerprint density at radius 1 is 1.26 bits per heavy atom. The van der Waals surface area contributed by atoms with Crippen molar-refractivity contribution in [1.82, 2.24) is 10.6 Å². The summed E-state index contributed by atoms with van der Waals surface area (Å²) >= 11 is 0. The minimum absolute atomic E-state index is 0.0576. The zero-order valence-electron chi connectivity index (χ0n) is 12.4. The summed E-state index contributed by atoms with van der Waals surface area (Å²) in [5.41, 5.74) is 0.578. The molecule has 2 N–H and O–H groups in total. The maximum atomic E-state index is 11.9. The van der Waals surface area contributed by atoms with E-state index in [1.54, 1.807) is 19.1 Å². The van der Waals surface area contributed by atoms with E-state index in [0.717, 1.165) is 0 Å². The fourth-order valence-corrected chi connectivity index (χ4v) is 1.93. The van der Waals surface area contributed by atoms with Crippen LogP contribution in [0.25, 0.3) is 0 Å². The van der Waals surface area contributed by atoms with Crippen LogP contribution in [-0.4, -0.2) is 23.3 Å². The number of nitrogens with zero attached hydrogens (tertiary/aromatic N) is 1. The van der Waals surface area contributed by atoms with Gasteiger partial charge in [0.15, 0.2) is 0 Å². The molecule has 2 rings (SSSR count). The van der Waals surface area contributed by atoms with Crippen LogP contribution in [0.4, 0.5) is 5.69 Å². The van der Waals surface area contributed by atoms with Crippen molar-refractivity contribution < 1.29 is 18.9 Å². The van der Waals surface area contributed by atoms with Crippen molar-refractivity contribution in [3.8, 4) is 0 Å². The number of hydrogen-bond acceptors (Lipinski definition) is 5. The Kier molecular flexibility index (Phi) is 5.08. The van der Waals surface area contributed by atoms with E-state index in [0.29, 0.717) is 11.3 Å². The fourth-order valence-electron chi connectivity index (χ4n) is 1.93. The molecule has 0 aliphatic heterocycles. The van der Waals surface area contributed by atoms with E-state index in [2.05, 4.69) is 10.6 Å². The largest absolute Gasteiger partial charge is 0.467 e. The number of amides is 2. The number of hydrogen-bond donors (Lipinski definition) is 2. The van der Waals surface area contributed by atoms with Crippen molar-refractivity contribution in [3.05, 3.63) is 63.6 Å². The van der Waals surface area contributed by atoms with Gasteiger partial charge in [0.05, 0.1) is 24.3 Å². The Balaban J connectivity index is 1.85. The van der Waals surface area contributed by atoms with Gasteiger partial charge in [-0.2, -0.15) is 0 Å². The lowest BCUT2D eigenvalue weighted by molar-refractivity contribution is -0.385. The van der Waals surface area contributed by atoms with Crippen LogP contribution in [0.5, 0.6) is 0 Å². The van der Waals surface area contributed by atoms with E-state index in [1.165, 1.54) is 24.5 Å². The van der Waals surface area contributed by atoms with Gasteiger partial charge >= 0.3 is 0 Å². The van der Waals surface area contributed by atoms with Crippen molar-refractivity contribution in [2.24, 2.45) is 0 Å². The summed E-state index contributed by atoms with van der Waals surface area (Å²) in [7, 11) is 0. The maximum absolute atomic E-state index is 11.9. The van der Waals surface area contributed by atoms with Crippen LogP contribution in [0.1, 0.15) is 21.7 Å². The second kappa shape index (κ2) is 7.21. The third-order valence-electron chi connectivity index (χ3n) is 3.11. The number of nitrogens with one attached hydrogen (secondary N) is 2. The average Bonchev–Trinajstić information content (AvgIpc) is 3.03. The molecular formula is C15H15N3O5. The van der Waals surface area contributed by atoms with E-state index in [9.17, 15) is 19.7 Å². The molecule has 1 heterocycles. The molecule has 8 heteroatoms. The summed E-state index contributed by atoms with van der Waals surface area (Å²) in [6.07, 6.45) is 1.50. The van der Waals surface area contributed by atoms with E-state index >= 15 is 0 Å². The second-order valence-electron chi connectivity index (χ2n) is 4.80. The zero-order valence-corrected chi connectivity index (χ0v) is 12.4. The van der Waals surface area contributed by atoms with Crippen LogP contribution in [0.15, 0.2) is 41.0 Å². The Bertz CT molecular complexity index is 725. The van der Waals surface area contributed by atoms with Crippen molar-refractivity contribution in [1.29, 1.82) is 0 Å². The van der Waals surface area contributed by atoms with Crippen LogP contribution in [0.2, 0.25) is 0 Å². The lowest BCUT2D eigenvalue weighted by atomic mass is 10.1. The Morgan fingerprint density at radius 3 is 2.65 bits per heavy atom. The predicted molar refractivity (Wildman–Crippen MR) is 80.7 cm³/mol. The number of nitro groups is 1. The van der Waals surface area contributed by atoms with Crippen LogP contribution >= 0.6 is 0 Å². The van der Waals surface area contributed by atoms with Gasteiger partial charge in [-0.15, -0.1) is 0 Å². The Labute approximate surface area is 131 Å². The Morgan fingerprint density at radius 2 is 2.04 bits per heavy atom. The summed E-state index contributed by atoms with van der Waals surface area (Å²) in [5.74, 6) is -0.236. The first-order valence-electron chi connectivity index (χ1n) is 6.79. The highest BCUT2D eigenvalue weighted by atomic mass is 16.6. The van der Waals surface area contributed by atoms with Crippen LogP contribution < -0.4 is 10.6 Å². The number of aryl methyl sites for hydroxylation is 1. The van der Waals surface area contributed by atoms with E-state index in [-0.39, 0.29) is 30.2 Å². The average molecular weight is 317 g/mol. The fraction of sp³-hybridized carbons (Fsp3) is 0.200. The summed E-state index contributed by atoms with van der Waals surface area (Å²) in [6.45, 7) is 1.58. The third kappa shape index (κ3) is 4.40. The van der Waals surface area contributed by atoms with Crippen molar-refractivity contribution in [2.45, 2.75) is 13.5 Å². The highest BCUT2D eigenvalue weighted by Gasteiger charge is 2.14. The highest BCUT2D eigenvalue weighted by molar-refractivity contribution is 5.96. The standard InChI is InChI=1S/C15H15N3O5/c1-10-7-11(4-5-13(10)18(21)22)15(20)17-9-14(19)16-8-12-3-2-6-23-12/h2-7H,8-9H2,1H3,(H,16,19)(H,17,20). The van der Waals surface area contributed by atoms with E-state index in [4.69, 9.17) is 4.42 Å². The van der Waals surface area contributed by atoms with Gasteiger partial charge in [-0.3, -0.25) is 19.7 Å². The quantitative estimate of drug-likeness (QED) is 0.619. The molecule has 120 valence electrons. The second-order valence-corrected chi connectivity index (χ2v) is 4.80. The van der Waals surface area contributed by atoms with Crippen LogP contribution in [-0.2, 0) is 11.3 Å². The minimum atomic E-state index is -0.515. The number of rotatable bonds is 6. The SMILES string of the molecule is Cc1cc(C(=O)NCC(=O)NCc2ccco2)ccc1[N+](=O)[O-]. The first kappa shape index (κ1) is 16.2. The van der Waals surface area contributed by atoms with Crippen molar-refractivity contribution >= 4 is 17.5 Å². The molecule has 0 radical (unpaired) electrons. The predicted octanol–water partition coefficient (Wildman–Crippen LogP) is 1.54. The van der Waals surface area contributed by atoms with Gasteiger partial charge in [-0.1, -0.05) is 0 Å². The molecule has 0 saturated carbocycles. The number of benzene rings is 1. The van der Waals surface area contributed by atoms with Gasteiger partial charge in [-0.05, 0) is 31.2 Å². The lowest BCUT2D eigenvalue weighted by Gasteiger charge is -2.07. The van der Waals surface area contributed by atoms with Gasteiger partial charge in [0.25, 0.3) is 11.6 Å². The lowest BCUT2D eigenvalue weighted by Crippen LogP contribution is -2.36. The molecule has 0 atom stereocenters. The Hall–Kier alpha value is -3.16. The molecule has 0 saturated heterocycles. The molecule has 0 aliphatic carbocycles. The van der Waals surface area contributed by atoms with Gasteiger partial charge in [0.2, 0.25) is 5.91 Å². The van der Waals surface area contributed by atoms with E-state index < -0.39 is 10.8 Å². The molecule has 0 unspecified atom stereocenters. The third-order valence-corrected chi connectivity index (χ3v) is 3.11. The maximum Gasteiger partial charge on any atom is 0.272 e. The molecule has 2 amide bonds. The van der Waals surface area contributed by atoms with Gasteiger partial charge in [-0.25, -0.2) is 0 Å². The zero-order chi connectivity index (χ0) is 16.8. The monoisotopic (exact) mass is 317 g/mol. The normalized spacial score (nSPS) is 10.1. The van der Waals surface area contributed by atoms with Crippen LogP contribution in [0.3, 0.4) is 0 Å². The minimum Gasteiger partial charge on any atom is -0.467 e. The van der Waals surface area contributed by atoms with Crippen molar-refractivity contribution in [2.75, 3.05) is 6.54 Å². The first-order valence-corrected chi connectivity index (χ1v) is 6.79. The summed E-state index contributed by atoms with van der Waals surface area (Å²) in [4.78, 5) is 33.8. The first-order chi connectivity index (χ1) is 11.0. The molecule has 1 aromatic carbocycles.